The zero-order valence-electron chi connectivity index (χ0n) is 25.1. The molecule has 10 heteroatoms. The molecule has 4 saturated heterocycles. The smallest absolute Gasteiger partial charge is 0.225 e. The maximum absolute atomic E-state index is 17.1. The molecule has 4 fully saturated rings. The van der Waals surface area contributed by atoms with Crippen LogP contribution in [0, 0.1) is 24.0 Å². The number of halogens is 3. The molecule has 4 aromatic rings. The lowest BCUT2D eigenvalue weighted by Crippen LogP contribution is -2.59. The molecule has 7 heterocycles. The van der Waals surface area contributed by atoms with Gasteiger partial charge in [-0.05, 0) is 68.0 Å². The number of fused-ring (bicyclic) bond motifs is 7. The van der Waals surface area contributed by atoms with Gasteiger partial charge in [0, 0.05) is 48.1 Å². The van der Waals surface area contributed by atoms with E-state index in [9.17, 15) is 13.9 Å². The quantitative estimate of drug-likeness (QED) is 0.284. The van der Waals surface area contributed by atoms with Crippen molar-refractivity contribution in [2.24, 2.45) is 0 Å². The highest BCUT2D eigenvalue weighted by Gasteiger charge is 2.47. The van der Waals surface area contributed by atoms with Gasteiger partial charge in [0.15, 0.2) is 5.82 Å². The molecule has 0 amide bonds. The van der Waals surface area contributed by atoms with Crippen LogP contribution >= 0.6 is 0 Å². The molecule has 0 spiro atoms. The van der Waals surface area contributed by atoms with Crippen LogP contribution in [0.1, 0.15) is 43.4 Å². The minimum atomic E-state index is -0.878. The lowest BCUT2D eigenvalue weighted by Gasteiger charge is -2.41. The van der Waals surface area contributed by atoms with Crippen LogP contribution in [0.25, 0.3) is 39.0 Å². The van der Waals surface area contributed by atoms with Crippen LogP contribution in [0.5, 0.6) is 11.6 Å². The average molecular weight is 624 g/mol. The zero-order valence-corrected chi connectivity index (χ0v) is 25.1. The highest BCUT2D eigenvalue weighted by atomic mass is 19.1. The van der Waals surface area contributed by atoms with Crippen molar-refractivity contribution < 1.29 is 23.0 Å². The van der Waals surface area contributed by atoms with Crippen LogP contribution in [0.15, 0.2) is 36.4 Å². The Morgan fingerprint density at radius 3 is 2.89 bits per heavy atom. The Balaban J connectivity index is 1.29. The predicted molar refractivity (Wildman–Crippen MR) is 171 cm³/mol. The molecule has 0 aliphatic carbocycles. The third-order valence-electron chi connectivity index (χ3n) is 10.8. The number of hydrogen-bond acceptors (Lipinski definition) is 7. The van der Waals surface area contributed by atoms with E-state index >= 15 is 4.39 Å². The van der Waals surface area contributed by atoms with Gasteiger partial charge in [-0.3, -0.25) is 4.90 Å². The first-order valence-electron chi connectivity index (χ1n) is 16.0. The van der Waals surface area contributed by atoms with E-state index in [2.05, 4.69) is 27.1 Å². The third-order valence-corrected chi connectivity index (χ3v) is 10.8. The molecule has 2 aromatic carbocycles. The van der Waals surface area contributed by atoms with E-state index in [-0.39, 0.29) is 57.0 Å². The van der Waals surface area contributed by atoms with E-state index in [1.165, 1.54) is 24.3 Å². The van der Waals surface area contributed by atoms with Crippen molar-refractivity contribution >= 4 is 33.4 Å². The first-order valence-corrected chi connectivity index (χ1v) is 16.0. The number of terminal acetylenes is 1. The van der Waals surface area contributed by atoms with Crippen LogP contribution in [0.2, 0.25) is 0 Å². The molecule has 46 heavy (non-hydrogen) atoms. The number of ether oxygens (including phenoxy) is 1. The molecule has 0 radical (unpaired) electrons. The average Bonchev–Trinajstić information content (AvgIpc) is 3.68. The summed E-state index contributed by atoms with van der Waals surface area (Å²) in [6.07, 6.45) is 13.2. The van der Waals surface area contributed by atoms with Crippen LogP contribution < -0.4 is 15.0 Å². The zero-order chi connectivity index (χ0) is 31.3. The molecular weight excluding hydrogens is 591 g/mol. The van der Waals surface area contributed by atoms with E-state index in [1.807, 2.05) is 12.1 Å². The van der Waals surface area contributed by atoms with Crippen LogP contribution in [-0.4, -0.2) is 76.1 Å². The summed E-state index contributed by atoms with van der Waals surface area (Å²) < 4.78 is 53.0. The van der Waals surface area contributed by atoms with Gasteiger partial charge in [0.1, 0.15) is 35.6 Å². The highest BCUT2D eigenvalue weighted by molar-refractivity contribution is 6.05. The number of benzene rings is 2. The second-order valence-corrected chi connectivity index (χ2v) is 13.4. The topological polar surface area (TPSA) is 73.8 Å². The minimum Gasteiger partial charge on any atom is -0.508 e. The molecule has 3 unspecified atom stereocenters. The highest BCUT2D eigenvalue weighted by Crippen LogP contribution is 2.46. The monoisotopic (exact) mass is 623 g/mol. The molecule has 2 N–H and O–H groups in total. The van der Waals surface area contributed by atoms with Gasteiger partial charge >= 0.3 is 0 Å². The number of hydrogen-bond donors (Lipinski definition) is 2. The number of anilines is 1. The Hall–Kier alpha value is -4.33. The summed E-state index contributed by atoms with van der Waals surface area (Å²) in [6, 6.07) is 8.02. The Morgan fingerprint density at radius 2 is 2.02 bits per heavy atom. The van der Waals surface area contributed by atoms with E-state index in [1.54, 1.807) is 0 Å². The van der Waals surface area contributed by atoms with Gasteiger partial charge in [0.2, 0.25) is 5.88 Å². The van der Waals surface area contributed by atoms with Gasteiger partial charge in [0.05, 0.1) is 28.4 Å². The number of nitrogens with one attached hydrogen (secondary N) is 1. The Morgan fingerprint density at radius 1 is 1.13 bits per heavy atom. The van der Waals surface area contributed by atoms with E-state index in [0.717, 1.165) is 44.5 Å². The van der Waals surface area contributed by atoms with Crippen LogP contribution in [0.4, 0.5) is 18.9 Å². The molecule has 0 saturated carbocycles. The summed E-state index contributed by atoms with van der Waals surface area (Å²) in [4.78, 5) is 14.1. The normalized spacial score (nSPS) is 28.4. The van der Waals surface area contributed by atoms with Crippen molar-refractivity contribution in [3.8, 4) is 35.2 Å². The van der Waals surface area contributed by atoms with Gasteiger partial charge in [-0.15, -0.1) is 6.42 Å². The predicted octanol–water partition coefficient (Wildman–Crippen LogP) is 5.71. The van der Waals surface area contributed by atoms with Gasteiger partial charge in [-0.25, -0.2) is 23.1 Å². The molecule has 2 bridgehead atoms. The van der Waals surface area contributed by atoms with E-state index in [4.69, 9.17) is 21.1 Å². The SMILES string of the molecule is C#Cc1c(F)ccc2cc(O)cc(-c3nc4c5c(cc(/C=C/[C@@]67CCCN6C[C@H](F)C7)nc5c3F)N3CC5CCC(N5)C3CO4)c12. The summed E-state index contributed by atoms with van der Waals surface area (Å²) >= 11 is 0. The first kappa shape index (κ1) is 27.9. The van der Waals surface area contributed by atoms with Crippen molar-refractivity contribution in [2.45, 2.75) is 61.9 Å². The maximum Gasteiger partial charge on any atom is 0.225 e. The summed E-state index contributed by atoms with van der Waals surface area (Å²) in [5.41, 5.74) is 1.01. The largest absolute Gasteiger partial charge is 0.508 e. The van der Waals surface area contributed by atoms with Crippen molar-refractivity contribution in [1.82, 2.24) is 20.2 Å². The Kier molecular flexibility index (Phi) is 6.12. The molecule has 5 aliphatic rings. The van der Waals surface area contributed by atoms with Crippen molar-refractivity contribution in [3.05, 3.63) is 59.3 Å². The van der Waals surface area contributed by atoms with Gasteiger partial charge < -0.3 is 20.1 Å². The van der Waals surface area contributed by atoms with Crippen molar-refractivity contribution in [1.29, 1.82) is 0 Å². The van der Waals surface area contributed by atoms with Crippen molar-refractivity contribution in [3.63, 3.8) is 0 Å². The number of rotatable bonds is 3. The number of aromatic nitrogens is 2. The fourth-order valence-corrected chi connectivity index (χ4v) is 8.77. The number of phenolic OH excluding ortho intramolecular Hbond substituents is 1. The molecule has 2 aromatic heterocycles. The molecule has 7 nitrogen and oxygen atoms in total. The first-order chi connectivity index (χ1) is 22.3. The molecular formula is C36H32F3N5O2. The summed E-state index contributed by atoms with van der Waals surface area (Å²) in [5.74, 6) is 1.13. The number of aromatic hydroxyl groups is 1. The number of phenols is 1. The molecule has 5 aliphatic heterocycles. The number of nitrogens with zero attached hydrogens (tertiary/aromatic N) is 4. The number of alkyl halides is 1. The molecule has 9 rings (SSSR count). The number of pyridine rings is 2. The third kappa shape index (κ3) is 4.07. The number of piperazine rings is 1. The van der Waals surface area contributed by atoms with Gasteiger partial charge in [-0.2, -0.15) is 0 Å². The summed E-state index contributed by atoms with van der Waals surface area (Å²) in [7, 11) is 0. The van der Waals surface area contributed by atoms with E-state index in [0.29, 0.717) is 42.1 Å². The Bertz CT molecular complexity index is 2030. The second kappa shape index (κ2) is 10.1. The summed E-state index contributed by atoms with van der Waals surface area (Å²) in [5, 5.41) is 15.5. The fraction of sp³-hybridized carbons (Fsp3) is 0.389. The van der Waals surface area contributed by atoms with Crippen LogP contribution in [0.3, 0.4) is 0 Å². The minimum absolute atomic E-state index is 0.00308. The standard InChI is InChI=1S/C36H32F3N5O2/c1-2-24-26(38)6-4-19-12-23(45)14-25(30(19)24)33-32(39)34-31-28(44-17-22-5-7-27(40-22)29(44)18-46-35(31)42-33)13-21(41-34)8-10-36-9-3-11-43(36)16-20(37)15-36/h1,4,6,8,10,12-14,20,22,27,29,40,45H,3,5,7,9,11,15-18H2/b10-8+/t20-,22?,27?,29?,36-/m1/s1. The lowest BCUT2D eigenvalue weighted by atomic mass is 9.92. The van der Waals surface area contributed by atoms with Crippen LogP contribution in [-0.2, 0) is 0 Å². The van der Waals surface area contributed by atoms with Gasteiger partial charge in [0.25, 0.3) is 0 Å². The maximum atomic E-state index is 17.1. The van der Waals surface area contributed by atoms with Gasteiger partial charge in [-0.1, -0.05) is 18.1 Å². The van der Waals surface area contributed by atoms with E-state index < -0.39 is 17.8 Å². The fourth-order valence-electron chi connectivity index (χ4n) is 8.77. The summed E-state index contributed by atoms with van der Waals surface area (Å²) in [6.45, 7) is 2.35. The van der Waals surface area contributed by atoms with Crippen molar-refractivity contribution in [2.75, 3.05) is 31.1 Å². The lowest BCUT2D eigenvalue weighted by molar-refractivity contribution is 0.239. The second-order valence-electron chi connectivity index (χ2n) is 13.4. The molecule has 234 valence electrons. The molecule has 5 atom stereocenters. The Labute approximate surface area is 264 Å².